The SMILES string of the molecule is COc1cccc(CCNC2CC(C)(C)CC2C)c1. The van der Waals surface area contributed by atoms with E-state index in [-0.39, 0.29) is 0 Å². The number of methoxy groups -OCH3 is 1. The van der Waals surface area contributed by atoms with Crippen LogP contribution < -0.4 is 10.1 Å². The minimum absolute atomic E-state index is 0.507. The highest BCUT2D eigenvalue weighted by Crippen LogP contribution is 2.40. The largest absolute Gasteiger partial charge is 0.497 e. The first kappa shape index (κ1) is 14.4. The molecular formula is C17H27NO. The molecule has 1 aromatic carbocycles. The molecule has 2 unspecified atom stereocenters. The van der Waals surface area contributed by atoms with Gasteiger partial charge in [0.2, 0.25) is 0 Å². The van der Waals surface area contributed by atoms with Gasteiger partial charge in [0.05, 0.1) is 7.11 Å². The van der Waals surface area contributed by atoms with Crippen LogP contribution in [0.4, 0.5) is 0 Å². The average Bonchev–Trinajstić information content (AvgIpc) is 2.63. The summed E-state index contributed by atoms with van der Waals surface area (Å²) >= 11 is 0. The first-order valence-corrected chi connectivity index (χ1v) is 7.36. The summed E-state index contributed by atoms with van der Waals surface area (Å²) in [5.41, 5.74) is 1.85. The molecule has 1 saturated carbocycles. The molecule has 19 heavy (non-hydrogen) atoms. The summed E-state index contributed by atoms with van der Waals surface area (Å²) in [6.07, 6.45) is 3.71. The first-order valence-electron chi connectivity index (χ1n) is 7.36. The van der Waals surface area contributed by atoms with E-state index in [1.54, 1.807) is 7.11 Å². The Labute approximate surface area is 117 Å². The predicted molar refractivity (Wildman–Crippen MR) is 80.7 cm³/mol. The summed E-state index contributed by atoms with van der Waals surface area (Å²) in [6.45, 7) is 8.19. The van der Waals surface area contributed by atoms with Gasteiger partial charge in [-0.05, 0) is 54.8 Å². The fraction of sp³-hybridized carbons (Fsp3) is 0.647. The summed E-state index contributed by atoms with van der Waals surface area (Å²) in [5, 5.41) is 3.73. The highest BCUT2D eigenvalue weighted by atomic mass is 16.5. The van der Waals surface area contributed by atoms with Crippen LogP contribution in [0.3, 0.4) is 0 Å². The maximum absolute atomic E-state index is 5.26. The van der Waals surface area contributed by atoms with Crippen LogP contribution in [0.25, 0.3) is 0 Å². The van der Waals surface area contributed by atoms with Gasteiger partial charge in [0, 0.05) is 6.04 Å². The lowest BCUT2D eigenvalue weighted by Crippen LogP contribution is -2.33. The number of hydrogen-bond donors (Lipinski definition) is 1. The molecule has 0 bridgehead atoms. The van der Waals surface area contributed by atoms with E-state index in [2.05, 4.69) is 44.3 Å². The van der Waals surface area contributed by atoms with Crippen LogP contribution >= 0.6 is 0 Å². The van der Waals surface area contributed by atoms with Gasteiger partial charge < -0.3 is 10.1 Å². The van der Waals surface area contributed by atoms with Gasteiger partial charge in [0.1, 0.15) is 5.75 Å². The van der Waals surface area contributed by atoms with E-state index < -0.39 is 0 Å². The molecule has 2 heteroatoms. The van der Waals surface area contributed by atoms with Crippen molar-refractivity contribution >= 4 is 0 Å². The van der Waals surface area contributed by atoms with Crippen LogP contribution in [0.2, 0.25) is 0 Å². The van der Waals surface area contributed by atoms with Crippen molar-refractivity contribution in [3.63, 3.8) is 0 Å². The minimum Gasteiger partial charge on any atom is -0.497 e. The maximum Gasteiger partial charge on any atom is 0.119 e. The van der Waals surface area contributed by atoms with Crippen molar-refractivity contribution in [1.82, 2.24) is 5.32 Å². The van der Waals surface area contributed by atoms with Crippen LogP contribution in [0, 0.1) is 11.3 Å². The number of rotatable bonds is 5. The van der Waals surface area contributed by atoms with E-state index in [4.69, 9.17) is 4.74 Å². The fourth-order valence-electron chi connectivity index (χ4n) is 3.40. The van der Waals surface area contributed by atoms with E-state index in [1.807, 2.05) is 6.07 Å². The van der Waals surface area contributed by atoms with Crippen molar-refractivity contribution in [1.29, 1.82) is 0 Å². The highest BCUT2D eigenvalue weighted by molar-refractivity contribution is 5.28. The molecule has 0 radical (unpaired) electrons. The molecule has 106 valence electrons. The quantitative estimate of drug-likeness (QED) is 0.873. The van der Waals surface area contributed by atoms with Crippen LogP contribution in [-0.4, -0.2) is 19.7 Å². The predicted octanol–water partition coefficient (Wildman–Crippen LogP) is 3.65. The fourth-order valence-corrected chi connectivity index (χ4v) is 3.40. The van der Waals surface area contributed by atoms with E-state index >= 15 is 0 Å². The Bertz CT molecular complexity index is 413. The van der Waals surface area contributed by atoms with Gasteiger partial charge in [-0.2, -0.15) is 0 Å². The average molecular weight is 261 g/mol. The summed E-state index contributed by atoms with van der Waals surface area (Å²) < 4.78 is 5.26. The summed E-state index contributed by atoms with van der Waals surface area (Å²) in [6, 6.07) is 9.05. The Hall–Kier alpha value is -1.02. The third-order valence-corrected chi connectivity index (χ3v) is 4.29. The molecule has 1 aliphatic rings. The molecule has 0 saturated heterocycles. The molecule has 1 aliphatic carbocycles. The van der Waals surface area contributed by atoms with Gasteiger partial charge >= 0.3 is 0 Å². The highest BCUT2D eigenvalue weighted by Gasteiger charge is 2.35. The maximum atomic E-state index is 5.26. The molecule has 1 aromatic rings. The molecule has 0 aromatic heterocycles. The Morgan fingerprint density at radius 1 is 1.32 bits per heavy atom. The Kier molecular flexibility index (Phi) is 4.51. The summed E-state index contributed by atoms with van der Waals surface area (Å²) in [4.78, 5) is 0. The second-order valence-electron chi connectivity index (χ2n) is 6.71. The Morgan fingerprint density at radius 2 is 2.11 bits per heavy atom. The van der Waals surface area contributed by atoms with Crippen molar-refractivity contribution in [3.05, 3.63) is 29.8 Å². The molecule has 0 spiro atoms. The van der Waals surface area contributed by atoms with Gasteiger partial charge in [0.15, 0.2) is 0 Å². The number of ether oxygens (including phenoxy) is 1. The van der Waals surface area contributed by atoms with Crippen molar-refractivity contribution in [2.75, 3.05) is 13.7 Å². The Balaban J connectivity index is 1.80. The molecule has 2 rings (SSSR count). The van der Waals surface area contributed by atoms with Crippen LogP contribution in [-0.2, 0) is 6.42 Å². The standard InChI is InChI=1S/C17H27NO/c1-13-11-17(2,3)12-16(13)18-9-8-14-6-5-7-15(10-14)19-4/h5-7,10,13,16,18H,8-9,11-12H2,1-4H3. The van der Waals surface area contributed by atoms with Crippen LogP contribution in [0.15, 0.2) is 24.3 Å². The molecule has 1 fully saturated rings. The second kappa shape index (κ2) is 5.96. The summed E-state index contributed by atoms with van der Waals surface area (Å²) in [5.74, 6) is 1.74. The molecule has 2 atom stereocenters. The van der Waals surface area contributed by atoms with E-state index in [9.17, 15) is 0 Å². The number of hydrogen-bond acceptors (Lipinski definition) is 2. The third kappa shape index (κ3) is 3.97. The molecular weight excluding hydrogens is 234 g/mol. The lowest BCUT2D eigenvalue weighted by atomic mass is 9.91. The van der Waals surface area contributed by atoms with Gasteiger partial charge in [0.25, 0.3) is 0 Å². The topological polar surface area (TPSA) is 21.3 Å². The third-order valence-electron chi connectivity index (χ3n) is 4.29. The van der Waals surface area contributed by atoms with E-state index in [0.29, 0.717) is 11.5 Å². The smallest absolute Gasteiger partial charge is 0.119 e. The first-order chi connectivity index (χ1) is 9.00. The van der Waals surface area contributed by atoms with Gasteiger partial charge in [-0.25, -0.2) is 0 Å². The van der Waals surface area contributed by atoms with Crippen LogP contribution in [0.1, 0.15) is 39.2 Å². The minimum atomic E-state index is 0.507. The van der Waals surface area contributed by atoms with Gasteiger partial charge in [-0.3, -0.25) is 0 Å². The lowest BCUT2D eigenvalue weighted by molar-refractivity contribution is 0.362. The van der Waals surface area contributed by atoms with E-state index in [0.717, 1.165) is 24.6 Å². The second-order valence-corrected chi connectivity index (χ2v) is 6.71. The van der Waals surface area contributed by atoms with Gasteiger partial charge in [-0.1, -0.05) is 32.9 Å². The van der Waals surface area contributed by atoms with E-state index in [1.165, 1.54) is 18.4 Å². The molecule has 2 nitrogen and oxygen atoms in total. The lowest BCUT2D eigenvalue weighted by Gasteiger charge is -2.18. The number of benzene rings is 1. The zero-order valence-corrected chi connectivity index (χ0v) is 12.7. The zero-order chi connectivity index (χ0) is 13.9. The molecule has 0 heterocycles. The number of nitrogens with one attached hydrogen (secondary N) is 1. The van der Waals surface area contributed by atoms with Crippen molar-refractivity contribution < 1.29 is 4.74 Å². The van der Waals surface area contributed by atoms with Crippen molar-refractivity contribution in [2.24, 2.45) is 11.3 Å². The Morgan fingerprint density at radius 3 is 2.74 bits per heavy atom. The molecule has 1 N–H and O–H groups in total. The summed E-state index contributed by atoms with van der Waals surface area (Å²) in [7, 11) is 1.72. The van der Waals surface area contributed by atoms with Crippen molar-refractivity contribution in [2.45, 2.75) is 46.1 Å². The molecule has 0 aliphatic heterocycles. The van der Waals surface area contributed by atoms with Crippen LogP contribution in [0.5, 0.6) is 5.75 Å². The van der Waals surface area contributed by atoms with Gasteiger partial charge in [-0.15, -0.1) is 0 Å². The van der Waals surface area contributed by atoms with Crippen molar-refractivity contribution in [3.8, 4) is 5.75 Å². The monoisotopic (exact) mass is 261 g/mol. The normalized spacial score (nSPS) is 25.5. The zero-order valence-electron chi connectivity index (χ0n) is 12.7. The molecule has 0 amide bonds.